The molecule has 2 aliphatic carbocycles. The molecule has 0 fully saturated rings. The minimum absolute atomic E-state index is 0.0379. The summed E-state index contributed by atoms with van der Waals surface area (Å²) in [6.45, 7) is 7.91. The lowest BCUT2D eigenvalue weighted by atomic mass is 9.83. The zero-order valence-electron chi connectivity index (χ0n) is 24.5. The lowest BCUT2D eigenvalue weighted by Gasteiger charge is -2.38. The van der Waals surface area contributed by atoms with E-state index in [2.05, 4.69) is 49.9 Å². The van der Waals surface area contributed by atoms with Gasteiger partial charge in [0.25, 0.3) is 0 Å². The fraction of sp³-hybridized carbons (Fsp3) is 0.382. The molecule has 0 bridgehead atoms. The van der Waals surface area contributed by atoms with Gasteiger partial charge >= 0.3 is 6.09 Å². The number of amides is 1. The topological polar surface area (TPSA) is 96.1 Å². The molecule has 2 aromatic carbocycles. The minimum Gasteiger partial charge on any atom is -0.491 e. The summed E-state index contributed by atoms with van der Waals surface area (Å²) in [6, 6.07) is 16.5. The number of hydrogen-bond donors (Lipinski definition) is 2. The van der Waals surface area contributed by atoms with Crippen molar-refractivity contribution in [2.45, 2.75) is 46.0 Å². The van der Waals surface area contributed by atoms with Crippen molar-refractivity contribution < 1.29 is 19.4 Å². The van der Waals surface area contributed by atoms with E-state index in [4.69, 9.17) is 22.7 Å². The Hall–Kier alpha value is -3.91. The van der Waals surface area contributed by atoms with Crippen molar-refractivity contribution in [3.8, 4) is 11.1 Å². The molecule has 1 aliphatic heterocycles. The van der Waals surface area contributed by atoms with Gasteiger partial charge in [-0.05, 0) is 40.2 Å². The molecule has 1 heterocycles. The monoisotopic (exact) mass is 585 g/mol. The van der Waals surface area contributed by atoms with Crippen molar-refractivity contribution in [1.82, 2.24) is 9.80 Å². The van der Waals surface area contributed by atoms with E-state index in [-0.39, 0.29) is 35.6 Å². The summed E-state index contributed by atoms with van der Waals surface area (Å²) in [5.74, 6) is 0.113. The Morgan fingerprint density at radius 1 is 1.14 bits per heavy atom. The lowest BCUT2D eigenvalue weighted by Crippen LogP contribution is -2.41. The first-order valence-electron chi connectivity index (χ1n) is 14.7. The molecular weight excluding hydrogens is 546 g/mol. The number of unbranched alkanes of at least 4 members (excludes halogenated alkanes) is 1. The number of thiocarbonyl (C=S) groups is 1. The van der Waals surface area contributed by atoms with Crippen LogP contribution in [-0.2, 0) is 9.53 Å². The van der Waals surface area contributed by atoms with Crippen molar-refractivity contribution in [3.63, 3.8) is 0 Å². The lowest BCUT2D eigenvalue weighted by molar-refractivity contribution is -0.119. The molecule has 7 nitrogen and oxygen atoms in total. The largest absolute Gasteiger partial charge is 0.491 e. The number of nitrogens with zero attached hydrogens (tertiary/aromatic N) is 2. The maximum Gasteiger partial charge on any atom is 0.407 e. The number of carbonyl (C=O) groups excluding carboxylic acids is 1. The van der Waals surface area contributed by atoms with Gasteiger partial charge in [-0.1, -0.05) is 94.0 Å². The van der Waals surface area contributed by atoms with E-state index < -0.39 is 12.0 Å². The van der Waals surface area contributed by atoms with E-state index in [1.54, 1.807) is 0 Å². The number of Topliss-reactive ketones (excluding diaryl/α,β-unsaturated/α-hetero) is 1. The second-order valence-electron chi connectivity index (χ2n) is 11.7. The highest BCUT2D eigenvalue weighted by atomic mass is 32.1. The molecule has 3 aliphatic rings. The average molecular weight is 586 g/mol. The van der Waals surface area contributed by atoms with Crippen LogP contribution in [0.3, 0.4) is 0 Å². The average Bonchev–Trinajstić information content (AvgIpc) is 3.26. The van der Waals surface area contributed by atoms with Crippen molar-refractivity contribution in [3.05, 3.63) is 94.5 Å². The number of hydrogen-bond acceptors (Lipinski definition) is 5. The third-order valence-electron chi connectivity index (χ3n) is 8.15. The van der Waals surface area contributed by atoms with Crippen molar-refractivity contribution >= 4 is 29.1 Å². The third kappa shape index (κ3) is 5.86. The van der Waals surface area contributed by atoms with Gasteiger partial charge in [-0.2, -0.15) is 0 Å². The van der Waals surface area contributed by atoms with Crippen LogP contribution in [0.1, 0.15) is 57.1 Å². The van der Waals surface area contributed by atoms with Gasteiger partial charge in [-0.3, -0.25) is 4.79 Å². The van der Waals surface area contributed by atoms with E-state index in [0.717, 1.165) is 51.9 Å². The smallest absolute Gasteiger partial charge is 0.407 e. The summed E-state index contributed by atoms with van der Waals surface area (Å²) >= 11 is 5.23. The molecule has 0 saturated carbocycles. The summed E-state index contributed by atoms with van der Waals surface area (Å²) < 4.78 is 6.46. The van der Waals surface area contributed by atoms with Gasteiger partial charge < -0.3 is 25.4 Å². The first kappa shape index (κ1) is 29.6. The number of carbonyl (C=O) groups is 2. The SMILES string of the molecule is CCCCOC1=C(CN(CC2c3ccccc3-c3ccccc32)C(=O)O)N(CC(C)C)C=C2CC(=O)C(C(N)=S)C=C21. The molecule has 1 amide bonds. The van der Waals surface area contributed by atoms with Crippen LogP contribution in [0.2, 0.25) is 0 Å². The van der Waals surface area contributed by atoms with E-state index in [1.807, 2.05) is 36.5 Å². The van der Waals surface area contributed by atoms with Crippen LogP contribution < -0.4 is 5.73 Å². The predicted octanol–water partition coefficient (Wildman–Crippen LogP) is 6.46. The molecule has 0 spiro atoms. The van der Waals surface area contributed by atoms with E-state index in [1.165, 1.54) is 4.90 Å². The number of allylic oxidation sites excluding steroid dienone is 1. The van der Waals surface area contributed by atoms with Crippen LogP contribution in [0.4, 0.5) is 4.79 Å². The zero-order chi connectivity index (χ0) is 30.0. The molecule has 0 aromatic heterocycles. The molecular formula is C34H39N3O4S. The van der Waals surface area contributed by atoms with Crippen molar-refractivity contribution in [2.24, 2.45) is 17.6 Å². The van der Waals surface area contributed by atoms with E-state index >= 15 is 0 Å². The molecule has 1 atom stereocenters. The van der Waals surface area contributed by atoms with Crippen LogP contribution in [0, 0.1) is 11.8 Å². The van der Waals surface area contributed by atoms with E-state index in [0.29, 0.717) is 25.5 Å². The first-order chi connectivity index (χ1) is 20.2. The molecule has 3 N–H and O–H groups in total. The van der Waals surface area contributed by atoms with Crippen molar-refractivity contribution in [2.75, 3.05) is 26.2 Å². The number of carboxylic acid groups (broad SMARTS) is 1. The van der Waals surface area contributed by atoms with Crippen LogP contribution in [0.5, 0.6) is 0 Å². The van der Waals surface area contributed by atoms with Gasteiger partial charge in [-0.15, -0.1) is 0 Å². The molecule has 1 unspecified atom stereocenters. The van der Waals surface area contributed by atoms with Gasteiger partial charge in [0.05, 0.1) is 29.8 Å². The number of rotatable bonds is 11. The standard InChI is InChI=1S/C34H39N3O4S/c1-4-5-14-41-32-27-16-28(33(35)42)31(38)15-22(27)18-36(17-21(2)3)30(32)20-37(34(39)40)19-29-25-12-8-6-10-23(25)24-11-7-9-13-26(24)29/h6-13,16,18,21,28-29H,4-5,14-15,17,19-20H2,1-3H3,(H2,35,42)(H,39,40). The summed E-state index contributed by atoms with van der Waals surface area (Å²) in [6.07, 6.45) is 4.81. The molecule has 42 heavy (non-hydrogen) atoms. The molecule has 0 radical (unpaired) electrons. The number of benzene rings is 2. The Bertz CT molecular complexity index is 1450. The number of fused-ring (bicyclic) bond motifs is 4. The Balaban J connectivity index is 1.57. The summed E-state index contributed by atoms with van der Waals surface area (Å²) in [5.41, 5.74) is 12.9. The normalized spacial score (nSPS) is 17.9. The van der Waals surface area contributed by atoms with Crippen LogP contribution in [-0.4, -0.2) is 58.0 Å². The Kier molecular flexibility index (Phi) is 8.82. The van der Waals surface area contributed by atoms with Gasteiger partial charge in [0.15, 0.2) is 5.78 Å². The predicted molar refractivity (Wildman–Crippen MR) is 169 cm³/mol. The third-order valence-corrected chi connectivity index (χ3v) is 8.40. The fourth-order valence-electron chi connectivity index (χ4n) is 6.16. The van der Waals surface area contributed by atoms with E-state index in [9.17, 15) is 14.7 Å². The summed E-state index contributed by atoms with van der Waals surface area (Å²) in [4.78, 5) is 29.5. The van der Waals surface area contributed by atoms with Crippen LogP contribution in [0.25, 0.3) is 11.1 Å². The summed E-state index contributed by atoms with van der Waals surface area (Å²) in [7, 11) is 0. The Morgan fingerprint density at radius 3 is 2.36 bits per heavy atom. The number of ether oxygens (including phenoxy) is 1. The van der Waals surface area contributed by atoms with Crippen LogP contribution in [0.15, 0.2) is 83.4 Å². The highest BCUT2D eigenvalue weighted by Gasteiger charge is 2.37. The Morgan fingerprint density at radius 2 is 1.79 bits per heavy atom. The maximum absolute atomic E-state index is 12.9. The van der Waals surface area contributed by atoms with Gasteiger partial charge in [0, 0.05) is 37.2 Å². The maximum atomic E-state index is 12.9. The van der Waals surface area contributed by atoms with Gasteiger partial charge in [-0.25, -0.2) is 4.79 Å². The first-order valence-corrected chi connectivity index (χ1v) is 15.1. The zero-order valence-corrected chi connectivity index (χ0v) is 25.3. The molecule has 220 valence electrons. The molecule has 2 aromatic rings. The fourth-order valence-corrected chi connectivity index (χ4v) is 6.35. The molecule has 5 rings (SSSR count). The Labute approximate surface area is 253 Å². The summed E-state index contributed by atoms with van der Waals surface area (Å²) in [5, 5.41) is 10.5. The quantitative estimate of drug-likeness (QED) is 0.231. The second-order valence-corrected chi connectivity index (χ2v) is 12.1. The second kappa shape index (κ2) is 12.5. The van der Waals surface area contributed by atoms with Crippen molar-refractivity contribution in [1.29, 1.82) is 0 Å². The highest BCUT2D eigenvalue weighted by Crippen LogP contribution is 2.45. The van der Waals surface area contributed by atoms with Gasteiger partial charge in [0.1, 0.15) is 5.76 Å². The minimum atomic E-state index is -0.995. The molecule has 0 saturated heterocycles. The van der Waals surface area contributed by atoms with Crippen LogP contribution >= 0.6 is 12.2 Å². The number of nitrogens with two attached hydrogens (primary N) is 1. The highest BCUT2D eigenvalue weighted by molar-refractivity contribution is 7.80. The number of ketones is 1. The molecule has 8 heteroatoms. The van der Waals surface area contributed by atoms with Gasteiger partial charge in [0.2, 0.25) is 0 Å².